The quantitative estimate of drug-likeness (QED) is 0.627. The summed E-state index contributed by atoms with van der Waals surface area (Å²) in [5.74, 6) is 0.276. The summed E-state index contributed by atoms with van der Waals surface area (Å²) in [5, 5.41) is 4.39. The Kier molecular flexibility index (Phi) is 4.93. The van der Waals surface area contributed by atoms with Gasteiger partial charge >= 0.3 is 6.09 Å². The third-order valence-electron chi connectivity index (χ3n) is 5.95. The van der Waals surface area contributed by atoms with Crippen molar-refractivity contribution in [3.05, 3.63) is 23.4 Å². The first-order valence-electron chi connectivity index (χ1n) is 14.6. The molecule has 33 heavy (non-hydrogen) atoms. The lowest BCUT2D eigenvalue weighted by Gasteiger charge is -2.35. The van der Waals surface area contributed by atoms with E-state index in [-0.39, 0.29) is 23.6 Å². The molecule has 7 nitrogen and oxygen atoms in total. The number of fused-ring (bicyclic) bond motifs is 2. The van der Waals surface area contributed by atoms with Gasteiger partial charge in [-0.3, -0.25) is 4.98 Å². The summed E-state index contributed by atoms with van der Waals surface area (Å²) in [5.41, 5.74) is 2.95. The van der Waals surface area contributed by atoms with Crippen molar-refractivity contribution in [3.8, 4) is 11.5 Å². The van der Waals surface area contributed by atoms with Crippen LogP contribution in [-0.4, -0.2) is 53.9 Å². The predicted octanol–water partition coefficient (Wildman–Crippen LogP) is 5.33. The maximum absolute atomic E-state index is 12.7. The Hall–Kier alpha value is -2.70. The Morgan fingerprint density at radius 1 is 1.18 bits per heavy atom. The monoisotopic (exact) mass is 461 g/mol. The molecule has 2 heterocycles. The molecule has 180 valence electrons. The van der Waals surface area contributed by atoms with E-state index in [0.717, 1.165) is 54.4 Å². The number of piperidine rings is 1. The number of amides is 1. The van der Waals surface area contributed by atoms with Crippen LogP contribution in [0.15, 0.2) is 12.1 Å². The van der Waals surface area contributed by atoms with Gasteiger partial charge in [0.15, 0.2) is 11.5 Å². The number of rotatable bonds is 6. The fourth-order valence-electron chi connectivity index (χ4n) is 4.61. The molecule has 0 radical (unpaired) electrons. The van der Waals surface area contributed by atoms with Crippen LogP contribution in [-0.2, 0) is 17.6 Å². The van der Waals surface area contributed by atoms with Gasteiger partial charge in [0.2, 0.25) is 0 Å². The van der Waals surface area contributed by atoms with Crippen LogP contribution in [0, 0.1) is 0 Å². The molecule has 0 saturated carbocycles. The van der Waals surface area contributed by atoms with Crippen LogP contribution in [0.25, 0.3) is 10.9 Å². The number of carbonyl (C=O) groups is 1. The zero-order chi connectivity index (χ0) is 28.6. The Morgan fingerprint density at radius 3 is 2.67 bits per heavy atom. The SMILES string of the molecule is [2H]C([2H])([2H])COc1cc2nc3c(c(N[C@@H]4CCCN(C(=O)OC(C)(C)C)C4)c2cc1OCC([2H])([2H])[2H])CCC3. The van der Waals surface area contributed by atoms with Crippen LogP contribution in [0.1, 0.15) is 73.2 Å². The van der Waals surface area contributed by atoms with Crippen LogP contribution in [0.5, 0.6) is 11.5 Å². The highest BCUT2D eigenvalue weighted by molar-refractivity contribution is 5.96. The second-order valence-corrected chi connectivity index (χ2v) is 9.57. The van der Waals surface area contributed by atoms with Crippen molar-refractivity contribution < 1.29 is 27.2 Å². The van der Waals surface area contributed by atoms with Gasteiger partial charge in [0, 0.05) is 50.2 Å². The van der Waals surface area contributed by atoms with Gasteiger partial charge in [-0.2, -0.15) is 0 Å². The average Bonchev–Trinajstić information content (AvgIpc) is 3.27. The number of benzene rings is 1. The van der Waals surface area contributed by atoms with Gasteiger partial charge in [0.05, 0.1) is 18.7 Å². The number of aryl methyl sites for hydroxylation is 1. The summed E-state index contributed by atoms with van der Waals surface area (Å²) in [6, 6.07) is 3.27. The van der Waals surface area contributed by atoms with Crippen molar-refractivity contribution in [3.63, 3.8) is 0 Å². The minimum absolute atomic E-state index is 0.0280. The number of carbonyl (C=O) groups excluding carboxylic acids is 1. The molecule has 1 aliphatic carbocycles. The largest absolute Gasteiger partial charge is 0.490 e. The van der Waals surface area contributed by atoms with Crippen molar-refractivity contribution in [2.45, 2.75) is 78.2 Å². The van der Waals surface area contributed by atoms with Crippen molar-refractivity contribution in [2.24, 2.45) is 0 Å². The lowest BCUT2D eigenvalue weighted by molar-refractivity contribution is 0.0206. The summed E-state index contributed by atoms with van der Waals surface area (Å²) in [4.78, 5) is 19.3. The van der Waals surface area contributed by atoms with E-state index >= 15 is 0 Å². The number of ether oxygens (including phenoxy) is 3. The third kappa shape index (κ3) is 5.28. The zero-order valence-corrected chi connectivity index (χ0v) is 19.6. The maximum atomic E-state index is 12.7. The van der Waals surface area contributed by atoms with Gasteiger partial charge < -0.3 is 24.4 Å². The zero-order valence-electron chi connectivity index (χ0n) is 25.6. The maximum Gasteiger partial charge on any atom is 0.410 e. The molecular weight excluding hydrogens is 418 g/mol. The summed E-state index contributed by atoms with van der Waals surface area (Å²) >= 11 is 0. The number of hydrogen-bond acceptors (Lipinski definition) is 6. The summed E-state index contributed by atoms with van der Waals surface area (Å²) in [7, 11) is 0. The number of likely N-dealkylation sites (tertiary alicyclic amines) is 1. The Balaban J connectivity index is 1.69. The fraction of sp³-hybridized carbons (Fsp3) is 0.615. The number of hydrogen-bond donors (Lipinski definition) is 1. The average molecular weight is 462 g/mol. The molecule has 1 aromatic heterocycles. The lowest BCUT2D eigenvalue weighted by Crippen LogP contribution is -2.47. The van der Waals surface area contributed by atoms with Gasteiger partial charge in [0.1, 0.15) is 5.60 Å². The van der Waals surface area contributed by atoms with Crippen molar-refractivity contribution >= 4 is 22.7 Å². The van der Waals surface area contributed by atoms with Crippen LogP contribution in [0.4, 0.5) is 10.5 Å². The molecule has 1 amide bonds. The highest BCUT2D eigenvalue weighted by Gasteiger charge is 2.29. The number of aromatic nitrogens is 1. The minimum Gasteiger partial charge on any atom is -0.490 e. The summed E-state index contributed by atoms with van der Waals surface area (Å²) in [6.07, 6.45) is 3.95. The third-order valence-corrected chi connectivity index (χ3v) is 5.95. The topological polar surface area (TPSA) is 72.9 Å². The smallest absolute Gasteiger partial charge is 0.410 e. The highest BCUT2D eigenvalue weighted by atomic mass is 16.6. The van der Waals surface area contributed by atoms with Gasteiger partial charge in [-0.05, 0) is 78.2 Å². The van der Waals surface area contributed by atoms with E-state index < -0.39 is 32.5 Å². The van der Waals surface area contributed by atoms with Crippen molar-refractivity contribution in [1.29, 1.82) is 0 Å². The second kappa shape index (κ2) is 9.65. The van der Waals surface area contributed by atoms with E-state index in [4.69, 9.17) is 27.4 Å². The Labute approximate surface area is 205 Å². The summed E-state index contributed by atoms with van der Waals surface area (Å²) < 4.78 is 61.9. The highest BCUT2D eigenvalue weighted by Crippen LogP contribution is 2.40. The van der Waals surface area contributed by atoms with Crippen LogP contribution in [0.2, 0.25) is 0 Å². The van der Waals surface area contributed by atoms with E-state index in [2.05, 4.69) is 5.32 Å². The molecule has 1 N–H and O–H groups in total. The van der Waals surface area contributed by atoms with Gasteiger partial charge in [0.25, 0.3) is 0 Å². The molecule has 1 atom stereocenters. The Bertz CT molecular complexity index is 1210. The van der Waals surface area contributed by atoms with E-state index in [0.29, 0.717) is 18.6 Å². The number of pyridine rings is 1. The molecule has 1 saturated heterocycles. The molecule has 2 aromatic rings. The lowest BCUT2D eigenvalue weighted by atomic mass is 10.0. The van der Waals surface area contributed by atoms with Gasteiger partial charge in [-0.25, -0.2) is 4.79 Å². The molecule has 0 spiro atoms. The van der Waals surface area contributed by atoms with E-state index in [1.165, 1.54) is 0 Å². The van der Waals surface area contributed by atoms with Gasteiger partial charge in [-0.1, -0.05) is 0 Å². The van der Waals surface area contributed by atoms with E-state index in [1.807, 2.05) is 20.8 Å². The first kappa shape index (κ1) is 16.8. The number of nitrogens with zero attached hydrogens (tertiary/aromatic N) is 2. The van der Waals surface area contributed by atoms with E-state index in [1.54, 1.807) is 17.0 Å². The molecule has 2 aliphatic rings. The molecule has 7 heteroatoms. The molecule has 1 aromatic carbocycles. The van der Waals surface area contributed by atoms with Crippen molar-refractivity contribution in [1.82, 2.24) is 9.88 Å². The minimum atomic E-state index is -2.35. The van der Waals surface area contributed by atoms with Crippen LogP contribution >= 0.6 is 0 Å². The number of anilines is 1. The first-order chi connectivity index (χ1) is 18.1. The normalized spacial score (nSPS) is 21.7. The molecule has 4 rings (SSSR count). The molecular formula is C26H37N3O4. The van der Waals surface area contributed by atoms with Crippen molar-refractivity contribution in [2.75, 3.05) is 31.6 Å². The Morgan fingerprint density at radius 2 is 1.94 bits per heavy atom. The predicted molar refractivity (Wildman–Crippen MR) is 131 cm³/mol. The molecule has 1 fully saturated rings. The fourth-order valence-corrected chi connectivity index (χ4v) is 4.61. The van der Waals surface area contributed by atoms with E-state index in [9.17, 15) is 4.79 Å². The van der Waals surface area contributed by atoms with Crippen LogP contribution in [0.3, 0.4) is 0 Å². The van der Waals surface area contributed by atoms with Crippen LogP contribution < -0.4 is 14.8 Å². The molecule has 1 aliphatic heterocycles. The standard InChI is InChI=1S/C26H37N3O4/c1-6-31-22-14-19-21(15-23(22)32-7-2)28-20-12-8-11-18(20)24(19)27-17-10-9-13-29(16-17)25(30)33-26(3,4)5/h14-15,17H,6-13,16H2,1-5H3,(H,27,28)/t17-/m1/s1/i1D3,2D3. The molecule has 0 bridgehead atoms. The summed E-state index contributed by atoms with van der Waals surface area (Å²) in [6.45, 7) is 0.848. The number of nitrogens with one attached hydrogen (secondary N) is 1. The van der Waals surface area contributed by atoms with Gasteiger partial charge in [-0.15, -0.1) is 0 Å². The molecule has 0 unspecified atom stereocenters. The second-order valence-electron chi connectivity index (χ2n) is 9.57. The first-order valence-corrected chi connectivity index (χ1v) is 11.6.